The van der Waals surface area contributed by atoms with Crippen molar-refractivity contribution in [2.45, 2.75) is 13.0 Å². The average Bonchev–Trinajstić information content (AvgIpc) is 1.86. The zero-order valence-corrected chi connectivity index (χ0v) is 7.82. The summed E-state index contributed by atoms with van der Waals surface area (Å²) in [6.45, 7) is 1.37. The Bertz CT molecular complexity index is 192. The maximum Gasteiger partial charge on any atom is 0.213 e. The van der Waals surface area contributed by atoms with Gasteiger partial charge in [0.2, 0.25) is 10.0 Å². The first-order chi connectivity index (χ1) is 5.02. The normalized spacial score (nSPS) is 14.8. The molecule has 1 unspecified atom stereocenters. The molecule has 2 N–H and O–H groups in total. The lowest BCUT2D eigenvalue weighted by Crippen LogP contribution is -2.36. The van der Waals surface area contributed by atoms with E-state index in [1.165, 1.54) is 0 Å². The molecule has 1 atom stereocenters. The maximum atomic E-state index is 10.9. The van der Waals surface area contributed by atoms with E-state index < -0.39 is 16.1 Å². The van der Waals surface area contributed by atoms with Crippen LogP contribution in [0.5, 0.6) is 0 Å². The number of halogens is 1. The maximum absolute atomic E-state index is 10.9. The van der Waals surface area contributed by atoms with Crippen LogP contribution in [0.15, 0.2) is 0 Å². The van der Waals surface area contributed by atoms with Crippen LogP contribution < -0.4 is 4.72 Å². The van der Waals surface area contributed by atoms with Gasteiger partial charge in [0.25, 0.3) is 0 Å². The van der Waals surface area contributed by atoms with Gasteiger partial charge in [-0.3, -0.25) is 0 Å². The summed E-state index contributed by atoms with van der Waals surface area (Å²) in [4.78, 5) is 0. The third-order valence-electron chi connectivity index (χ3n) is 1.00. The first-order valence-corrected chi connectivity index (χ1v) is 5.37. The standard InChI is InChI=1S/C5H12ClNO3S/c1-5(4-8)7-11(9,10)3-2-6/h5,7-8H,2-4H2,1H3. The third-order valence-corrected chi connectivity index (χ3v) is 2.92. The van der Waals surface area contributed by atoms with Crippen molar-refractivity contribution in [1.29, 1.82) is 0 Å². The Balaban J connectivity index is 3.92. The van der Waals surface area contributed by atoms with E-state index >= 15 is 0 Å². The lowest BCUT2D eigenvalue weighted by Gasteiger charge is -2.09. The number of alkyl halides is 1. The number of hydrogen-bond donors (Lipinski definition) is 2. The monoisotopic (exact) mass is 201 g/mol. The highest BCUT2D eigenvalue weighted by atomic mass is 35.5. The highest BCUT2D eigenvalue weighted by Crippen LogP contribution is 1.89. The minimum Gasteiger partial charge on any atom is -0.395 e. The predicted octanol–water partition coefficient (Wildman–Crippen LogP) is -0.475. The van der Waals surface area contributed by atoms with Gasteiger partial charge in [-0.1, -0.05) is 0 Å². The fourth-order valence-electron chi connectivity index (χ4n) is 0.504. The molecule has 0 aromatic heterocycles. The number of aliphatic hydroxyl groups is 1. The summed E-state index contributed by atoms with van der Waals surface area (Å²) in [6, 6.07) is -0.441. The zero-order chi connectivity index (χ0) is 8.91. The minimum atomic E-state index is -3.28. The molecule has 68 valence electrons. The molecule has 4 nitrogen and oxygen atoms in total. The quantitative estimate of drug-likeness (QED) is 0.591. The van der Waals surface area contributed by atoms with Crippen LogP contribution in [-0.4, -0.2) is 37.8 Å². The largest absolute Gasteiger partial charge is 0.395 e. The molecule has 0 bridgehead atoms. The molecule has 0 saturated heterocycles. The van der Waals surface area contributed by atoms with Gasteiger partial charge in [0.05, 0.1) is 12.4 Å². The molecule has 0 aromatic carbocycles. The Morgan fingerprint density at radius 2 is 2.18 bits per heavy atom. The average molecular weight is 202 g/mol. The molecule has 0 rings (SSSR count). The summed E-state index contributed by atoms with van der Waals surface area (Å²) in [5.74, 6) is -0.0492. The van der Waals surface area contributed by atoms with Crippen molar-refractivity contribution in [3.63, 3.8) is 0 Å². The Morgan fingerprint density at radius 3 is 2.55 bits per heavy atom. The van der Waals surface area contributed by atoms with E-state index in [0.717, 1.165) is 0 Å². The lowest BCUT2D eigenvalue weighted by atomic mass is 10.4. The van der Waals surface area contributed by atoms with E-state index in [2.05, 4.69) is 4.72 Å². The van der Waals surface area contributed by atoms with Crippen LogP contribution in [0, 0.1) is 0 Å². The highest BCUT2D eigenvalue weighted by Gasteiger charge is 2.11. The molecule has 0 spiro atoms. The summed E-state index contributed by atoms with van der Waals surface area (Å²) < 4.78 is 24.0. The van der Waals surface area contributed by atoms with Crippen LogP contribution in [0.1, 0.15) is 6.92 Å². The second kappa shape index (κ2) is 4.92. The topological polar surface area (TPSA) is 66.4 Å². The van der Waals surface area contributed by atoms with Gasteiger partial charge < -0.3 is 5.11 Å². The van der Waals surface area contributed by atoms with Gasteiger partial charge in [0.1, 0.15) is 0 Å². The second-order valence-electron chi connectivity index (χ2n) is 2.21. The van der Waals surface area contributed by atoms with Crippen molar-refractivity contribution >= 4 is 21.6 Å². The molecule has 0 saturated carbocycles. The SMILES string of the molecule is CC(CO)NS(=O)(=O)CCCl. The molecular formula is C5H12ClNO3S. The number of sulfonamides is 1. The van der Waals surface area contributed by atoms with Crippen molar-refractivity contribution in [1.82, 2.24) is 4.72 Å². The summed E-state index contributed by atoms with van der Waals surface area (Å²) in [7, 11) is -3.28. The number of aliphatic hydroxyl groups excluding tert-OH is 1. The summed E-state index contributed by atoms with van der Waals surface area (Å²) in [6.07, 6.45) is 0. The van der Waals surface area contributed by atoms with E-state index in [4.69, 9.17) is 16.7 Å². The molecule has 11 heavy (non-hydrogen) atoms. The van der Waals surface area contributed by atoms with E-state index in [0.29, 0.717) is 0 Å². The zero-order valence-electron chi connectivity index (χ0n) is 6.25. The van der Waals surface area contributed by atoms with Gasteiger partial charge in [-0.2, -0.15) is 0 Å². The predicted molar refractivity (Wildman–Crippen MR) is 44.2 cm³/mol. The van der Waals surface area contributed by atoms with Crippen molar-refractivity contribution in [2.75, 3.05) is 18.2 Å². The van der Waals surface area contributed by atoms with E-state index in [9.17, 15) is 8.42 Å². The van der Waals surface area contributed by atoms with Crippen LogP contribution in [-0.2, 0) is 10.0 Å². The number of rotatable bonds is 5. The van der Waals surface area contributed by atoms with Gasteiger partial charge in [-0.15, -0.1) is 11.6 Å². The Morgan fingerprint density at radius 1 is 1.64 bits per heavy atom. The first kappa shape index (κ1) is 11.2. The fourth-order valence-corrected chi connectivity index (χ4v) is 2.12. The van der Waals surface area contributed by atoms with Crippen LogP contribution in [0.4, 0.5) is 0 Å². The summed E-state index contributed by atoms with van der Waals surface area (Å²) in [5.41, 5.74) is 0. The van der Waals surface area contributed by atoms with Crippen LogP contribution in [0.2, 0.25) is 0 Å². The van der Waals surface area contributed by atoms with Crippen molar-refractivity contribution in [3.8, 4) is 0 Å². The van der Waals surface area contributed by atoms with Gasteiger partial charge in [0, 0.05) is 11.9 Å². The lowest BCUT2D eigenvalue weighted by molar-refractivity contribution is 0.265. The van der Waals surface area contributed by atoms with Crippen LogP contribution >= 0.6 is 11.6 Å². The van der Waals surface area contributed by atoms with E-state index in [-0.39, 0.29) is 18.2 Å². The fraction of sp³-hybridized carbons (Fsp3) is 1.00. The minimum absolute atomic E-state index is 0.0630. The van der Waals surface area contributed by atoms with Gasteiger partial charge in [-0.05, 0) is 6.92 Å². The number of hydrogen-bond acceptors (Lipinski definition) is 3. The Kier molecular flexibility index (Phi) is 4.99. The summed E-state index contributed by atoms with van der Waals surface area (Å²) >= 11 is 5.23. The Hall–Kier alpha value is 0.160. The van der Waals surface area contributed by atoms with E-state index in [1.807, 2.05) is 0 Å². The molecule has 0 aromatic rings. The number of nitrogens with one attached hydrogen (secondary N) is 1. The first-order valence-electron chi connectivity index (χ1n) is 3.18. The van der Waals surface area contributed by atoms with Crippen molar-refractivity contribution < 1.29 is 13.5 Å². The molecule has 0 radical (unpaired) electrons. The third kappa shape index (κ3) is 5.43. The molecular weight excluding hydrogens is 190 g/mol. The molecule has 0 heterocycles. The molecule has 6 heteroatoms. The highest BCUT2D eigenvalue weighted by molar-refractivity contribution is 7.89. The van der Waals surface area contributed by atoms with Gasteiger partial charge in [-0.25, -0.2) is 13.1 Å². The molecule has 0 amide bonds. The Labute approximate surface area is 71.6 Å². The van der Waals surface area contributed by atoms with E-state index in [1.54, 1.807) is 6.92 Å². The second-order valence-corrected chi connectivity index (χ2v) is 4.46. The molecule has 0 aliphatic heterocycles. The smallest absolute Gasteiger partial charge is 0.213 e. The van der Waals surface area contributed by atoms with Crippen LogP contribution in [0.25, 0.3) is 0 Å². The molecule has 0 fully saturated rings. The molecule has 0 aliphatic carbocycles. The summed E-state index contributed by atoms with van der Waals surface area (Å²) in [5, 5.41) is 8.51. The van der Waals surface area contributed by atoms with Gasteiger partial charge >= 0.3 is 0 Å². The van der Waals surface area contributed by atoms with Gasteiger partial charge in [0.15, 0.2) is 0 Å². The molecule has 0 aliphatic rings. The van der Waals surface area contributed by atoms with Crippen molar-refractivity contribution in [2.24, 2.45) is 0 Å². The van der Waals surface area contributed by atoms with Crippen molar-refractivity contribution in [3.05, 3.63) is 0 Å². The van der Waals surface area contributed by atoms with Crippen LogP contribution in [0.3, 0.4) is 0 Å².